The maximum atomic E-state index is 11.9. The predicted octanol–water partition coefficient (Wildman–Crippen LogP) is 2.70. The molecule has 18 heavy (non-hydrogen) atoms. The first-order valence-electron chi connectivity index (χ1n) is 5.78. The second-order valence-corrected chi connectivity index (χ2v) is 4.31. The van der Waals surface area contributed by atoms with Crippen molar-refractivity contribution in [1.82, 2.24) is 5.32 Å². The fourth-order valence-corrected chi connectivity index (χ4v) is 1.68. The highest BCUT2D eigenvalue weighted by Gasteiger charge is 2.27. The fourth-order valence-electron chi connectivity index (χ4n) is 1.68. The number of likely N-dealkylation sites (N-methyl/N-ethyl adjacent to an activating group) is 1. The van der Waals surface area contributed by atoms with Crippen molar-refractivity contribution in [3.05, 3.63) is 35.4 Å². The standard InChI is InChI=1S/C13H18F3NO/c1-10-4-3-5-11(6-10)7-12(17-2)8-18-9-13(14,15)16/h3-6,12,17H,7-9H2,1-2H3. The second kappa shape index (κ2) is 6.75. The normalized spacial score (nSPS) is 13.6. The number of benzene rings is 1. The molecule has 0 amide bonds. The van der Waals surface area contributed by atoms with Gasteiger partial charge in [-0.05, 0) is 26.0 Å². The van der Waals surface area contributed by atoms with E-state index in [-0.39, 0.29) is 12.6 Å². The predicted molar refractivity (Wildman–Crippen MR) is 64.6 cm³/mol. The van der Waals surface area contributed by atoms with E-state index in [1.807, 2.05) is 31.2 Å². The smallest absolute Gasteiger partial charge is 0.370 e. The van der Waals surface area contributed by atoms with Crippen LogP contribution in [-0.2, 0) is 11.2 Å². The highest BCUT2D eigenvalue weighted by atomic mass is 19.4. The van der Waals surface area contributed by atoms with E-state index in [9.17, 15) is 13.2 Å². The molecular weight excluding hydrogens is 243 g/mol. The van der Waals surface area contributed by atoms with Crippen LogP contribution in [0.15, 0.2) is 24.3 Å². The maximum absolute atomic E-state index is 11.9. The van der Waals surface area contributed by atoms with Crippen molar-refractivity contribution in [2.24, 2.45) is 0 Å². The number of alkyl halides is 3. The Bertz CT molecular complexity index is 365. The number of rotatable bonds is 6. The van der Waals surface area contributed by atoms with Crippen LogP contribution in [0, 0.1) is 6.92 Å². The monoisotopic (exact) mass is 261 g/mol. The molecule has 0 aliphatic carbocycles. The third-order valence-corrected chi connectivity index (χ3v) is 2.56. The van der Waals surface area contributed by atoms with Gasteiger partial charge in [-0.3, -0.25) is 0 Å². The lowest BCUT2D eigenvalue weighted by molar-refractivity contribution is -0.175. The Morgan fingerprint density at radius 2 is 2.06 bits per heavy atom. The van der Waals surface area contributed by atoms with Crippen molar-refractivity contribution in [1.29, 1.82) is 0 Å². The van der Waals surface area contributed by atoms with E-state index in [0.717, 1.165) is 11.1 Å². The molecule has 0 aliphatic heterocycles. The van der Waals surface area contributed by atoms with Gasteiger partial charge >= 0.3 is 6.18 Å². The van der Waals surface area contributed by atoms with Crippen molar-refractivity contribution < 1.29 is 17.9 Å². The minimum Gasteiger partial charge on any atom is -0.370 e. The number of ether oxygens (including phenoxy) is 1. The Balaban J connectivity index is 2.42. The minimum absolute atomic E-state index is 0.0456. The Morgan fingerprint density at radius 1 is 1.33 bits per heavy atom. The Morgan fingerprint density at radius 3 is 2.61 bits per heavy atom. The van der Waals surface area contributed by atoms with E-state index in [0.29, 0.717) is 6.42 Å². The van der Waals surface area contributed by atoms with Crippen LogP contribution in [0.2, 0.25) is 0 Å². The largest absolute Gasteiger partial charge is 0.411 e. The highest BCUT2D eigenvalue weighted by molar-refractivity contribution is 5.22. The molecule has 0 bridgehead atoms. The van der Waals surface area contributed by atoms with E-state index in [1.165, 1.54) is 0 Å². The van der Waals surface area contributed by atoms with Crippen LogP contribution in [0.3, 0.4) is 0 Å². The SMILES string of the molecule is CNC(COCC(F)(F)F)Cc1cccc(C)c1. The number of halogens is 3. The first-order chi connectivity index (χ1) is 8.40. The van der Waals surface area contributed by atoms with E-state index in [2.05, 4.69) is 10.1 Å². The first-order valence-corrected chi connectivity index (χ1v) is 5.78. The zero-order valence-corrected chi connectivity index (χ0v) is 10.6. The van der Waals surface area contributed by atoms with Gasteiger partial charge in [-0.25, -0.2) is 0 Å². The summed E-state index contributed by atoms with van der Waals surface area (Å²) in [5, 5.41) is 2.96. The molecule has 0 saturated heterocycles. The average molecular weight is 261 g/mol. The molecule has 2 nitrogen and oxygen atoms in total. The highest BCUT2D eigenvalue weighted by Crippen LogP contribution is 2.15. The molecule has 0 heterocycles. The van der Waals surface area contributed by atoms with Crippen LogP contribution in [0.25, 0.3) is 0 Å². The summed E-state index contributed by atoms with van der Waals surface area (Å²) in [6.07, 6.45) is -3.61. The lowest BCUT2D eigenvalue weighted by Gasteiger charge is -2.17. The lowest BCUT2D eigenvalue weighted by Crippen LogP contribution is -2.34. The van der Waals surface area contributed by atoms with Gasteiger partial charge in [0.2, 0.25) is 0 Å². The van der Waals surface area contributed by atoms with Crippen LogP contribution >= 0.6 is 0 Å². The molecule has 0 spiro atoms. The van der Waals surface area contributed by atoms with Crippen LogP contribution in [0.4, 0.5) is 13.2 Å². The third-order valence-electron chi connectivity index (χ3n) is 2.56. The maximum Gasteiger partial charge on any atom is 0.411 e. The minimum atomic E-state index is -4.26. The van der Waals surface area contributed by atoms with E-state index in [1.54, 1.807) is 7.05 Å². The second-order valence-electron chi connectivity index (χ2n) is 4.31. The van der Waals surface area contributed by atoms with Gasteiger partial charge in [-0.2, -0.15) is 13.2 Å². The molecule has 1 atom stereocenters. The van der Waals surface area contributed by atoms with E-state index >= 15 is 0 Å². The summed E-state index contributed by atoms with van der Waals surface area (Å²) in [6, 6.07) is 7.79. The van der Waals surface area contributed by atoms with Gasteiger partial charge in [0, 0.05) is 6.04 Å². The zero-order valence-electron chi connectivity index (χ0n) is 10.6. The molecule has 0 fully saturated rings. The molecule has 5 heteroatoms. The van der Waals surface area contributed by atoms with Gasteiger partial charge in [0.15, 0.2) is 0 Å². The molecule has 1 N–H and O–H groups in total. The summed E-state index contributed by atoms with van der Waals surface area (Å²) in [5.41, 5.74) is 2.23. The van der Waals surface area contributed by atoms with Gasteiger partial charge < -0.3 is 10.1 Å². The summed E-state index contributed by atoms with van der Waals surface area (Å²) >= 11 is 0. The van der Waals surface area contributed by atoms with E-state index < -0.39 is 12.8 Å². The van der Waals surface area contributed by atoms with Crippen LogP contribution < -0.4 is 5.32 Å². The topological polar surface area (TPSA) is 21.3 Å². The fraction of sp³-hybridized carbons (Fsp3) is 0.538. The van der Waals surface area contributed by atoms with Gasteiger partial charge in [-0.1, -0.05) is 29.8 Å². The molecule has 0 radical (unpaired) electrons. The van der Waals surface area contributed by atoms with Gasteiger partial charge in [0.25, 0.3) is 0 Å². The van der Waals surface area contributed by atoms with Crippen LogP contribution in [0.1, 0.15) is 11.1 Å². The Kier molecular flexibility index (Phi) is 5.62. The van der Waals surface area contributed by atoms with Gasteiger partial charge in [-0.15, -0.1) is 0 Å². The van der Waals surface area contributed by atoms with Gasteiger partial charge in [0.05, 0.1) is 6.61 Å². The summed E-state index contributed by atoms with van der Waals surface area (Å²) in [4.78, 5) is 0. The molecule has 1 unspecified atom stereocenters. The Labute approximate surface area is 105 Å². The number of hydrogen-bond acceptors (Lipinski definition) is 2. The number of hydrogen-bond donors (Lipinski definition) is 1. The quantitative estimate of drug-likeness (QED) is 0.850. The molecular formula is C13H18F3NO. The summed E-state index contributed by atoms with van der Waals surface area (Å²) in [5.74, 6) is 0. The lowest BCUT2D eigenvalue weighted by atomic mass is 10.0. The number of nitrogens with one attached hydrogen (secondary N) is 1. The van der Waals surface area contributed by atoms with Crippen molar-refractivity contribution >= 4 is 0 Å². The molecule has 1 aromatic rings. The first kappa shape index (κ1) is 15.0. The summed E-state index contributed by atoms with van der Waals surface area (Å²) < 4.78 is 40.5. The zero-order chi connectivity index (χ0) is 13.6. The van der Waals surface area contributed by atoms with Crippen molar-refractivity contribution in [3.8, 4) is 0 Å². The molecule has 0 aliphatic rings. The molecule has 102 valence electrons. The van der Waals surface area contributed by atoms with Crippen LogP contribution in [-0.4, -0.2) is 32.5 Å². The third kappa shape index (κ3) is 6.02. The van der Waals surface area contributed by atoms with Crippen molar-refractivity contribution in [2.45, 2.75) is 25.6 Å². The van der Waals surface area contributed by atoms with Crippen molar-refractivity contribution in [2.75, 3.05) is 20.3 Å². The molecule has 0 saturated carbocycles. The van der Waals surface area contributed by atoms with Crippen LogP contribution in [0.5, 0.6) is 0 Å². The van der Waals surface area contributed by atoms with E-state index in [4.69, 9.17) is 0 Å². The molecule has 1 rings (SSSR count). The molecule has 0 aromatic heterocycles. The van der Waals surface area contributed by atoms with Gasteiger partial charge in [0.1, 0.15) is 6.61 Å². The molecule has 1 aromatic carbocycles. The van der Waals surface area contributed by atoms with Crippen molar-refractivity contribution in [3.63, 3.8) is 0 Å². The summed E-state index contributed by atoms with van der Waals surface area (Å²) in [7, 11) is 1.72. The average Bonchev–Trinajstić information content (AvgIpc) is 2.26. The number of aryl methyl sites for hydroxylation is 1. The Hall–Kier alpha value is -1.07. The summed E-state index contributed by atoms with van der Waals surface area (Å²) in [6.45, 7) is 0.834.